The lowest BCUT2D eigenvalue weighted by Gasteiger charge is -2.09. The second kappa shape index (κ2) is 6.64. The lowest BCUT2D eigenvalue weighted by Crippen LogP contribution is -2.13. The number of nitrogens with one attached hydrogen (secondary N) is 1. The number of nitrogens with zero attached hydrogens (tertiary/aromatic N) is 1. The van der Waals surface area contributed by atoms with Crippen LogP contribution in [0, 0.1) is 10.1 Å². The monoisotopic (exact) mass is 354 g/mol. The Morgan fingerprint density at radius 1 is 1.09 bits per heavy atom. The van der Waals surface area contributed by atoms with E-state index in [0.717, 1.165) is 12.1 Å². The topological polar surface area (TPSA) is 110 Å². The Morgan fingerprint density at radius 2 is 1.74 bits per heavy atom. The molecule has 0 radical (unpaired) electrons. The summed E-state index contributed by atoms with van der Waals surface area (Å²) in [4.78, 5) is 33.3. The Hall–Kier alpha value is -2.64. The molecule has 2 rings (SSSR count). The van der Waals surface area contributed by atoms with Crippen molar-refractivity contribution in [2.24, 2.45) is 0 Å². The number of amides is 1. The number of halogens is 2. The summed E-state index contributed by atoms with van der Waals surface area (Å²) >= 11 is 11.8. The van der Waals surface area contributed by atoms with Crippen molar-refractivity contribution in [2.75, 3.05) is 5.32 Å². The number of carbonyl (C=O) groups is 2. The van der Waals surface area contributed by atoms with Crippen molar-refractivity contribution in [1.82, 2.24) is 0 Å². The van der Waals surface area contributed by atoms with Crippen LogP contribution >= 0.6 is 23.2 Å². The average molecular weight is 355 g/mol. The summed E-state index contributed by atoms with van der Waals surface area (Å²) in [6.45, 7) is 0. The van der Waals surface area contributed by atoms with E-state index in [9.17, 15) is 19.7 Å². The molecule has 0 unspecified atom stereocenters. The normalized spacial score (nSPS) is 10.2. The van der Waals surface area contributed by atoms with Crippen LogP contribution in [-0.4, -0.2) is 21.9 Å². The Labute approximate surface area is 139 Å². The molecule has 0 saturated heterocycles. The van der Waals surface area contributed by atoms with Crippen molar-refractivity contribution in [3.05, 3.63) is 67.7 Å². The van der Waals surface area contributed by atoms with E-state index >= 15 is 0 Å². The van der Waals surface area contributed by atoms with Crippen LogP contribution < -0.4 is 5.32 Å². The van der Waals surface area contributed by atoms with Crippen LogP contribution in [-0.2, 0) is 0 Å². The Balaban J connectivity index is 2.36. The maximum atomic E-state index is 12.2. The number of nitro groups is 1. The van der Waals surface area contributed by atoms with Gasteiger partial charge in [-0.25, -0.2) is 4.79 Å². The van der Waals surface area contributed by atoms with Gasteiger partial charge in [0.15, 0.2) is 0 Å². The number of carboxylic acid groups (broad SMARTS) is 1. The fourth-order valence-electron chi connectivity index (χ4n) is 1.74. The van der Waals surface area contributed by atoms with Crippen LogP contribution in [0.4, 0.5) is 11.4 Å². The molecule has 2 aromatic rings. The number of benzene rings is 2. The van der Waals surface area contributed by atoms with Gasteiger partial charge in [0.05, 0.1) is 31.8 Å². The van der Waals surface area contributed by atoms with Crippen LogP contribution in [0.25, 0.3) is 0 Å². The molecular formula is C14H8Cl2N2O5. The molecule has 0 atom stereocenters. The van der Waals surface area contributed by atoms with Crippen LogP contribution in [0.15, 0.2) is 36.4 Å². The molecule has 9 heteroatoms. The first-order valence-corrected chi connectivity index (χ1v) is 6.83. The number of anilines is 1. The minimum atomic E-state index is -1.19. The van der Waals surface area contributed by atoms with Crippen molar-refractivity contribution < 1.29 is 19.6 Å². The van der Waals surface area contributed by atoms with Crippen LogP contribution in [0.1, 0.15) is 20.7 Å². The first-order chi connectivity index (χ1) is 10.8. The lowest BCUT2D eigenvalue weighted by molar-refractivity contribution is -0.384. The third-order valence-electron chi connectivity index (χ3n) is 2.87. The van der Waals surface area contributed by atoms with E-state index in [1.807, 2.05) is 0 Å². The Kier molecular flexibility index (Phi) is 4.83. The molecule has 0 saturated carbocycles. The molecule has 23 heavy (non-hydrogen) atoms. The fraction of sp³-hybridized carbons (Fsp3) is 0. The van der Waals surface area contributed by atoms with Gasteiger partial charge >= 0.3 is 5.97 Å². The summed E-state index contributed by atoms with van der Waals surface area (Å²) in [6, 6.07) is 7.18. The summed E-state index contributed by atoms with van der Waals surface area (Å²) in [5, 5.41) is 22.2. The zero-order chi connectivity index (χ0) is 17.1. The van der Waals surface area contributed by atoms with Crippen molar-refractivity contribution >= 4 is 46.5 Å². The molecule has 118 valence electrons. The SMILES string of the molecule is O=C(O)c1ccc(Cl)c(NC(=O)c2cc([N+](=O)[O-])ccc2Cl)c1. The van der Waals surface area contributed by atoms with Crippen molar-refractivity contribution in [3.63, 3.8) is 0 Å². The number of carboxylic acids is 1. The van der Waals surface area contributed by atoms with E-state index in [-0.39, 0.29) is 32.5 Å². The van der Waals surface area contributed by atoms with Crippen LogP contribution in [0.2, 0.25) is 10.0 Å². The van der Waals surface area contributed by atoms with Gasteiger partial charge in [-0.2, -0.15) is 0 Å². The highest BCUT2D eigenvalue weighted by molar-refractivity contribution is 6.36. The van der Waals surface area contributed by atoms with Crippen molar-refractivity contribution in [1.29, 1.82) is 0 Å². The summed E-state index contributed by atoms with van der Waals surface area (Å²) in [5.41, 5.74) is -0.448. The van der Waals surface area contributed by atoms with Crippen molar-refractivity contribution in [3.8, 4) is 0 Å². The third-order valence-corrected chi connectivity index (χ3v) is 3.53. The molecule has 0 fully saturated rings. The highest BCUT2D eigenvalue weighted by Crippen LogP contribution is 2.26. The van der Waals surface area contributed by atoms with Gasteiger partial charge in [-0.1, -0.05) is 23.2 Å². The molecule has 2 aromatic carbocycles. The minimum Gasteiger partial charge on any atom is -0.478 e. The van der Waals surface area contributed by atoms with Gasteiger partial charge in [0, 0.05) is 12.1 Å². The quantitative estimate of drug-likeness (QED) is 0.639. The Bertz CT molecular complexity index is 823. The summed E-state index contributed by atoms with van der Waals surface area (Å²) in [5.74, 6) is -1.94. The first-order valence-electron chi connectivity index (χ1n) is 6.07. The van der Waals surface area contributed by atoms with E-state index in [0.29, 0.717) is 0 Å². The minimum absolute atomic E-state index is 0.0126. The smallest absolute Gasteiger partial charge is 0.335 e. The molecule has 0 spiro atoms. The van der Waals surface area contributed by atoms with Crippen molar-refractivity contribution in [2.45, 2.75) is 0 Å². The number of nitro benzene ring substituents is 1. The molecule has 0 aliphatic heterocycles. The van der Waals surface area contributed by atoms with E-state index < -0.39 is 16.8 Å². The second-order valence-corrected chi connectivity index (χ2v) is 5.19. The largest absolute Gasteiger partial charge is 0.478 e. The van der Waals surface area contributed by atoms with E-state index in [1.165, 1.54) is 24.3 Å². The van der Waals surface area contributed by atoms with Gasteiger partial charge in [-0.3, -0.25) is 14.9 Å². The molecule has 0 heterocycles. The zero-order valence-electron chi connectivity index (χ0n) is 11.2. The van der Waals surface area contributed by atoms with Gasteiger partial charge in [-0.15, -0.1) is 0 Å². The van der Waals surface area contributed by atoms with E-state index in [1.54, 1.807) is 0 Å². The van der Waals surface area contributed by atoms with Gasteiger partial charge < -0.3 is 10.4 Å². The number of rotatable bonds is 4. The third kappa shape index (κ3) is 3.77. The molecule has 2 N–H and O–H groups in total. The lowest BCUT2D eigenvalue weighted by atomic mass is 10.1. The van der Waals surface area contributed by atoms with Crippen LogP contribution in [0.5, 0.6) is 0 Å². The predicted octanol–water partition coefficient (Wildman–Crippen LogP) is 3.85. The maximum Gasteiger partial charge on any atom is 0.335 e. The van der Waals surface area contributed by atoms with Gasteiger partial charge in [0.2, 0.25) is 0 Å². The maximum absolute atomic E-state index is 12.2. The summed E-state index contributed by atoms with van der Waals surface area (Å²) < 4.78 is 0. The predicted molar refractivity (Wildman–Crippen MR) is 84.5 cm³/mol. The Morgan fingerprint density at radius 3 is 2.35 bits per heavy atom. The van der Waals surface area contributed by atoms with Gasteiger partial charge in [0.25, 0.3) is 11.6 Å². The molecule has 1 amide bonds. The summed E-state index contributed by atoms with van der Waals surface area (Å²) in [7, 11) is 0. The van der Waals surface area contributed by atoms with Gasteiger partial charge in [0.1, 0.15) is 0 Å². The standard InChI is InChI=1S/C14H8Cl2N2O5/c15-10-4-2-8(18(22)23)6-9(10)13(19)17-12-5-7(14(20)21)1-3-11(12)16/h1-6H,(H,17,19)(H,20,21). The highest BCUT2D eigenvalue weighted by atomic mass is 35.5. The molecular weight excluding hydrogens is 347 g/mol. The molecule has 7 nitrogen and oxygen atoms in total. The van der Waals surface area contributed by atoms with Crippen LogP contribution in [0.3, 0.4) is 0 Å². The van der Waals surface area contributed by atoms with E-state index in [4.69, 9.17) is 28.3 Å². The number of carbonyl (C=O) groups excluding carboxylic acids is 1. The number of hydrogen-bond acceptors (Lipinski definition) is 4. The number of aromatic carboxylic acids is 1. The number of hydrogen-bond donors (Lipinski definition) is 2. The second-order valence-electron chi connectivity index (χ2n) is 4.38. The molecule has 0 aliphatic carbocycles. The zero-order valence-corrected chi connectivity index (χ0v) is 12.8. The summed E-state index contributed by atoms with van der Waals surface area (Å²) in [6.07, 6.45) is 0. The first kappa shape index (κ1) is 16.7. The number of non-ortho nitro benzene ring substituents is 1. The molecule has 0 aromatic heterocycles. The average Bonchev–Trinajstić information content (AvgIpc) is 2.49. The molecule has 0 bridgehead atoms. The van der Waals surface area contributed by atoms with Gasteiger partial charge in [-0.05, 0) is 24.3 Å². The fourth-order valence-corrected chi connectivity index (χ4v) is 2.11. The molecule has 0 aliphatic rings. The van der Waals surface area contributed by atoms with E-state index in [2.05, 4.69) is 5.32 Å². The highest BCUT2D eigenvalue weighted by Gasteiger charge is 2.17.